The van der Waals surface area contributed by atoms with Gasteiger partial charge in [-0.2, -0.15) is 5.26 Å². The molecule has 7 nitrogen and oxygen atoms in total. The van der Waals surface area contributed by atoms with Gasteiger partial charge in [0, 0.05) is 12.7 Å². The van der Waals surface area contributed by atoms with Gasteiger partial charge in [-0.1, -0.05) is 17.8 Å². The summed E-state index contributed by atoms with van der Waals surface area (Å²) in [6.45, 7) is 1.79. The number of nitriles is 1. The Kier molecular flexibility index (Phi) is 4.86. The van der Waals surface area contributed by atoms with Crippen LogP contribution in [0.3, 0.4) is 0 Å². The third kappa shape index (κ3) is 3.72. The highest BCUT2D eigenvalue weighted by atomic mass is 32.2. The zero-order chi connectivity index (χ0) is 17.8. The van der Waals surface area contributed by atoms with E-state index >= 15 is 0 Å². The summed E-state index contributed by atoms with van der Waals surface area (Å²) in [6.07, 6.45) is 1.57. The minimum atomic E-state index is -0.391. The van der Waals surface area contributed by atoms with Crippen molar-refractivity contribution in [1.29, 1.82) is 5.26 Å². The second-order valence-corrected chi connectivity index (χ2v) is 6.59. The zero-order valence-electron chi connectivity index (χ0n) is 13.6. The van der Waals surface area contributed by atoms with Gasteiger partial charge in [-0.25, -0.2) is 0 Å². The number of carbonyl (C=O) groups excluding carboxylic acids is 1. The van der Waals surface area contributed by atoms with Crippen molar-refractivity contribution in [2.75, 3.05) is 5.32 Å². The Labute approximate surface area is 148 Å². The van der Waals surface area contributed by atoms with Crippen LogP contribution in [0.2, 0.25) is 0 Å². The van der Waals surface area contributed by atoms with Crippen molar-refractivity contribution in [3.63, 3.8) is 0 Å². The lowest BCUT2D eigenvalue weighted by atomic mass is 10.2. The second kappa shape index (κ2) is 7.23. The molecule has 0 unspecified atom stereocenters. The molecule has 3 rings (SSSR count). The van der Waals surface area contributed by atoms with Gasteiger partial charge < -0.3 is 14.3 Å². The number of hydrogen-bond acceptors (Lipinski definition) is 6. The van der Waals surface area contributed by atoms with Crippen LogP contribution in [-0.2, 0) is 11.8 Å². The average Bonchev–Trinajstić information content (AvgIpc) is 3.25. The van der Waals surface area contributed by atoms with Crippen molar-refractivity contribution >= 4 is 23.4 Å². The van der Waals surface area contributed by atoms with Crippen molar-refractivity contribution < 1.29 is 9.21 Å². The smallest absolute Gasteiger partial charge is 0.237 e. The van der Waals surface area contributed by atoms with E-state index in [0.29, 0.717) is 28.0 Å². The van der Waals surface area contributed by atoms with E-state index in [9.17, 15) is 4.79 Å². The van der Waals surface area contributed by atoms with Gasteiger partial charge >= 0.3 is 0 Å². The number of aromatic nitrogens is 3. The predicted octanol–water partition coefficient (Wildman–Crippen LogP) is 3.07. The molecule has 1 N–H and O–H groups in total. The first-order valence-corrected chi connectivity index (χ1v) is 8.37. The topological polar surface area (TPSA) is 96.7 Å². The van der Waals surface area contributed by atoms with Gasteiger partial charge in [-0.05, 0) is 37.3 Å². The molecule has 0 saturated carbocycles. The molecule has 0 radical (unpaired) electrons. The standard InChI is InChI=1S/C17H15N5O2S/c1-11(16(23)19-13-6-3-5-12(9-13)10-18)25-17-21-20-15(22(17)2)14-7-4-8-24-14/h3-9,11H,1-2H3,(H,19,23)/t11-/m0/s1. The minimum absolute atomic E-state index is 0.178. The molecular formula is C17H15N5O2S. The first-order chi connectivity index (χ1) is 12.1. The molecular weight excluding hydrogens is 338 g/mol. The lowest BCUT2D eigenvalue weighted by Crippen LogP contribution is -2.22. The SMILES string of the molecule is C[C@H](Sc1nnc(-c2ccco2)n1C)C(=O)Nc1cccc(C#N)c1. The van der Waals surface area contributed by atoms with Gasteiger partial charge in [0.1, 0.15) is 0 Å². The molecule has 0 aliphatic carbocycles. The second-order valence-electron chi connectivity index (χ2n) is 5.28. The average molecular weight is 353 g/mol. The van der Waals surface area contributed by atoms with Crippen LogP contribution < -0.4 is 5.32 Å². The van der Waals surface area contributed by atoms with E-state index in [1.165, 1.54) is 11.8 Å². The molecule has 3 aromatic rings. The third-order valence-electron chi connectivity index (χ3n) is 3.49. The molecule has 1 atom stereocenters. The molecule has 2 aromatic heterocycles. The van der Waals surface area contributed by atoms with Crippen molar-refractivity contribution in [2.24, 2.45) is 7.05 Å². The maximum absolute atomic E-state index is 12.4. The number of thioether (sulfide) groups is 1. The number of hydrogen-bond donors (Lipinski definition) is 1. The van der Waals surface area contributed by atoms with Crippen LogP contribution >= 0.6 is 11.8 Å². The van der Waals surface area contributed by atoms with E-state index in [1.54, 1.807) is 54.2 Å². The van der Waals surface area contributed by atoms with E-state index < -0.39 is 5.25 Å². The molecule has 126 valence electrons. The summed E-state index contributed by atoms with van der Waals surface area (Å²) in [6, 6.07) is 12.4. The quantitative estimate of drug-likeness (QED) is 0.708. The van der Waals surface area contributed by atoms with Gasteiger partial charge in [0.2, 0.25) is 5.91 Å². The van der Waals surface area contributed by atoms with Crippen LogP contribution in [0.15, 0.2) is 52.2 Å². The fourth-order valence-electron chi connectivity index (χ4n) is 2.16. The Balaban J connectivity index is 1.69. The Morgan fingerprint density at radius 2 is 2.20 bits per heavy atom. The van der Waals surface area contributed by atoms with Crippen molar-refractivity contribution in [3.8, 4) is 17.7 Å². The number of furan rings is 1. The number of benzene rings is 1. The Morgan fingerprint density at radius 3 is 2.92 bits per heavy atom. The number of carbonyl (C=O) groups is 1. The molecule has 8 heteroatoms. The van der Waals surface area contributed by atoms with Gasteiger partial charge in [-0.15, -0.1) is 10.2 Å². The van der Waals surface area contributed by atoms with Crippen molar-refractivity contribution in [2.45, 2.75) is 17.3 Å². The highest BCUT2D eigenvalue weighted by molar-refractivity contribution is 8.00. The number of amides is 1. The normalized spacial score (nSPS) is 11.7. The summed E-state index contributed by atoms with van der Waals surface area (Å²) in [7, 11) is 1.82. The maximum atomic E-state index is 12.4. The zero-order valence-corrected chi connectivity index (χ0v) is 14.4. The molecule has 0 aliphatic heterocycles. The van der Waals surface area contributed by atoms with Crippen LogP contribution in [-0.4, -0.2) is 25.9 Å². The summed E-state index contributed by atoms with van der Waals surface area (Å²) < 4.78 is 7.11. The summed E-state index contributed by atoms with van der Waals surface area (Å²) >= 11 is 1.30. The molecule has 2 heterocycles. The van der Waals surface area contributed by atoms with Crippen LogP contribution in [0.25, 0.3) is 11.6 Å². The monoisotopic (exact) mass is 353 g/mol. The summed E-state index contributed by atoms with van der Waals surface area (Å²) in [5.74, 6) is 1.04. The molecule has 1 aromatic carbocycles. The van der Waals surface area contributed by atoms with Gasteiger partial charge in [0.25, 0.3) is 0 Å². The molecule has 0 bridgehead atoms. The lowest BCUT2D eigenvalue weighted by Gasteiger charge is -2.11. The Bertz CT molecular complexity index is 927. The number of rotatable bonds is 5. The molecule has 0 spiro atoms. The fraction of sp³-hybridized carbons (Fsp3) is 0.176. The molecule has 0 saturated heterocycles. The van der Waals surface area contributed by atoms with Gasteiger partial charge in [0.15, 0.2) is 16.7 Å². The van der Waals surface area contributed by atoms with Crippen molar-refractivity contribution in [1.82, 2.24) is 14.8 Å². The number of nitrogens with zero attached hydrogens (tertiary/aromatic N) is 4. The maximum Gasteiger partial charge on any atom is 0.237 e. The summed E-state index contributed by atoms with van der Waals surface area (Å²) in [5, 5.41) is 20.2. The molecule has 0 fully saturated rings. The predicted molar refractivity (Wildman–Crippen MR) is 93.8 cm³/mol. The highest BCUT2D eigenvalue weighted by Crippen LogP contribution is 2.26. The summed E-state index contributed by atoms with van der Waals surface area (Å²) in [4.78, 5) is 12.4. The molecule has 0 aliphatic rings. The van der Waals surface area contributed by atoms with Crippen molar-refractivity contribution in [3.05, 3.63) is 48.2 Å². The minimum Gasteiger partial charge on any atom is -0.461 e. The molecule has 1 amide bonds. The lowest BCUT2D eigenvalue weighted by molar-refractivity contribution is -0.115. The first-order valence-electron chi connectivity index (χ1n) is 7.49. The van der Waals surface area contributed by atoms with Crippen LogP contribution in [0.5, 0.6) is 0 Å². The fourth-order valence-corrected chi connectivity index (χ4v) is 2.97. The van der Waals surface area contributed by atoms with Gasteiger partial charge in [0.05, 0.1) is 23.1 Å². The largest absolute Gasteiger partial charge is 0.461 e. The van der Waals surface area contributed by atoms with E-state index in [-0.39, 0.29) is 5.91 Å². The molecule has 25 heavy (non-hydrogen) atoms. The first kappa shape index (κ1) is 16.8. The van der Waals surface area contributed by atoms with E-state index in [0.717, 1.165) is 0 Å². The highest BCUT2D eigenvalue weighted by Gasteiger charge is 2.20. The third-order valence-corrected chi connectivity index (χ3v) is 4.62. The van der Waals surface area contributed by atoms with E-state index in [2.05, 4.69) is 15.5 Å². The van der Waals surface area contributed by atoms with Crippen LogP contribution in [0.4, 0.5) is 5.69 Å². The number of nitrogens with one attached hydrogen (secondary N) is 1. The van der Waals surface area contributed by atoms with Crippen LogP contribution in [0.1, 0.15) is 12.5 Å². The van der Waals surface area contributed by atoms with E-state index in [1.807, 2.05) is 13.1 Å². The Hall–Kier alpha value is -3.05. The number of anilines is 1. The van der Waals surface area contributed by atoms with E-state index in [4.69, 9.17) is 9.68 Å². The van der Waals surface area contributed by atoms with Crippen LogP contribution in [0, 0.1) is 11.3 Å². The Morgan fingerprint density at radius 1 is 1.36 bits per heavy atom. The summed E-state index contributed by atoms with van der Waals surface area (Å²) in [5.41, 5.74) is 1.08. The van der Waals surface area contributed by atoms with Gasteiger partial charge in [-0.3, -0.25) is 4.79 Å².